The highest BCUT2D eigenvalue weighted by molar-refractivity contribution is 5.42. The predicted octanol–water partition coefficient (Wildman–Crippen LogP) is 2.64. The van der Waals surface area contributed by atoms with Crippen LogP contribution < -0.4 is 10.5 Å². The Morgan fingerprint density at radius 2 is 2.29 bits per heavy atom. The molecule has 0 bridgehead atoms. The van der Waals surface area contributed by atoms with Crippen LogP contribution in [0.5, 0.6) is 5.75 Å². The second-order valence-electron chi connectivity index (χ2n) is 5.91. The van der Waals surface area contributed by atoms with Crippen molar-refractivity contribution in [3.63, 3.8) is 0 Å². The summed E-state index contributed by atoms with van der Waals surface area (Å²) in [5.74, 6) is 0.884. The molecule has 21 heavy (non-hydrogen) atoms. The van der Waals surface area contributed by atoms with E-state index in [0.717, 1.165) is 38.0 Å². The summed E-state index contributed by atoms with van der Waals surface area (Å²) >= 11 is 0. The maximum Gasteiger partial charge on any atom is 0.119 e. The quantitative estimate of drug-likeness (QED) is 0.939. The maximum absolute atomic E-state index is 6.78. The Bertz CT molecular complexity index is 635. The Hall–Kier alpha value is -1.81. The molecule has 1 aliphatic carbocycles. The zero-order chi connectivity index (χ0) is 14.9. The minimum Gasteiger partial charge on any atom is -0.497 e. The van der Waals surface area contributed by atoms with Gasteiger partial charge in [0.2, 0.25) is 0 Å². The molecule has 1 heterocycles. The van der Waals surface area contributed by atoms with Crippen molar-refractivity contribution in [1.82, 2.24) is 9.78 Å². The normalized spacial score (nSPS) is 21.1. The lowest BCUT2D eigenvalue weighted by Crippen LogP contribution is -2.42. The Morgan fingerprint density at radius 1 is 1.43 bits per heavy atom. The lowest BCUT2D eigenvalue weighted by atomic mass is 9.74. The highest BCUT2D eigenvalue weighted by atomic mass is 16.5. The smallest absolute Gasteiger partial charge is 0.119 e. The van der Waals surface area contributed by atoms with Gasteiger partial charge in [0.25, 0.3) is 0 Å². The summed E-state index contributed by atoms with van der Waals surface area (Å²) < 4.78 is 7.33. The van der Waals surface area contributed by atoms with Gasteiger partial charge in [0.15, 0.2) is 0 Å². The lowest BCUT2D eigenvalue weighted by Gasteiger charge is -2.36. The summed E-state index contributed by atoms with van der Waals surface area (Å²) in [5.41, 5.74) is 10.3. The van der Waals surface area contributed by atoms with Crippen molar-refractivity contribution in [2.24, 2.45) is 5.73 Å². The number of hydrogen-bond acceptors (Lipinski definition) is 3. The number of ether oxygens (including phenoxy) is 1. The van der Waals surface area contributed by atoms with Gasteiger partial charge in [-0.25, -0.2) is 0 Å². The van der Waals surface area contributed by atoms with Gasteiger partial charge < -0.3 is 10.5 Å². The summed E-state index contributed by atoms with van der Waals surface area (Å²) in [6, 6.07) is 6.29. The first-order chi connectivity index (χ1) is 10.1. The molecule has 0 saturated carbocycles. The SMILES string of the molecule is CCn1cc(CC2(N)CCCc3ccc(OC)cc32)cn1. The molecule has 1 unspecified atom stereocenters. The Labute approximate surface area is 125 Å². The van der Waals surface area contributed by atoms with E-state index in [9.17, 15) is 0 Å². The number of nitrogens with zero attached hydrogens (tertiary/aromatic N) is 2. The predicted molar refractivity (Wildman–Crippen MR) is 83.4 cm³/mol. The summed E-state index contributed by atoms with van der Waals surface area (Å²) in [6.45, 7) is 2.98. The van der Waals surface area contributed by atoms with Crippen LogP contribution in [-0.4, -0.2) is 16.9 Å². The second-order valence-corrected chi connectivity index (χ2v) is 5.91. The van der Waals surface area contributed by atoms with Crippen LogP contribution in [-0.2, 0) is 24.9 Å². The third kappa shape index (κ3) is 2.68. The number of benzene rings is 1. The van der Waals surface area contributed by atoms with E-state index >= 15 is 0 Å². The molecule has 0 radical (unpaired) electrons. The van der Waals surface area contributed by atoms with Crippen LogP contribution in [0.15, 0.2) is 30.6 Å². The van der Waals surface area contributed by atoms with Gasteiger partial charge in [-0.2, -0.15) is 5.10 Å². The molecular formula is C17H23N3O. The zero-order valence-electron chi connectivity index (χ0n) is 12.8. The van der Waals surface area contributed by atoms with Crippen molar-refractivity contribution < 1.29 is 4.74 Å². The Balaban J connectivity index is 1.94. The van der Waals surface area contributed by atoms with Crippen LogP contribution in [0.2, 0.25) is 0 Å². The molecule has 1 atom stereocenters. The first-order valence-corrected chi connectivity index (χ1v) is 7.62. The first kappa shape index (κ1) is 14.1. The zero-order valence-corrected chi connectivity index (χ0v) is 12.8. The summed E-state index contributed by atoms with van der Waals surface area (Å²) in [6.07, 6.45) is 8.11. The van der Waals surface area contributed by atoms with Crippen molar-refractivity contribution in [2.45, 2.75) is 44.7 Å². The van der Waals surface area contributed by atoms with Gasteiger partial charge in [-0.1, -0.05) is 6.07 Å². The molecule has 1 aromatic heterocycles. The van der Waals surface area contributed by atoms with Crippen LogP contribution in [0.4, 0.5) is 0 Å². The van der Waals surface area contributed by atoms with Gasteiger partial charge in [-0.15, -0.1) is 0 Å². The maximum atomic E-state index is 6.78. The topological polar surface area (TPSA) is 53.1 Å². The minimum absolute atomic E-state index is 0.316. The minimum atomic E-state index is -0.316. The van der Waals surface area contributed by atoms with E-state index in [0.29, 0.717) is 0 Å². The van der Waals surface area contributed by atoms with Gasteiger partial charge in [-0.3, -0.25) is 4.68 Å². The van der Waals surface area contributed by atoms with Crippen molar-refractivity contribution in [3.05, 3.63) is 47.3 Å². The highest BCUT2D eigenvalue weighted by Crippen LogP contribution is 2.37. The first-order valence-electron chi connectivity index (χ1n) is 7.62. The summed E-state index contributed by atoms with van der Waals surface area (Å²) in [7, 11) is 1.70. The summed E-state index contributed by atoms with van der Waals surface area (Å²) in [4.78, 5) is 0. The number of fused-ring (bicyclic) bond motifs is 1. The number of nitrogens with two attached hydrogens (primary N) is 1. The van der Waals surface area contributed by atoms with Crippen molar-refractivity contribution >= 4 is 0 Å². The number of hydrogen-bond donors (Lipinski definition) is 1. The van der Waals surface area contributed by atoms with E-state index in [4.69, 9.17) is 10.5 Å². The molecule has 4 heteroatoms. The van der Waals surface area contributed by atoms with E-state index in [1.807, 2.05) is 16.9 Å². The third-order valence-corrected chi connectivity index (χ3v) is 4.45. The molecule has 4 nitrogen and oxygen atoms in total. The van der Waals surface area contributed by atoms with Crippen LogP contribution in [0.3, 0.4) is 0 Å². The molecule has 0 spiro atoms. The molecule has 0 aliphatic heterocycles. The van der Waals surface area contributed by atoms with Gasteiger partial charge in [0.05, 0.1) is 13.3 Å². The van der Waals surface area contributed by atoms with Crippen LogP contribution in [0.1, 0.15) is 36.5 Å². The second kappa shape index (κ2) is 5.53. The van der Waals surface area contributed by atoms with Crippen molar-refractivity contribution in [1.29, 1.82) is 0 Å². The van der Waals surface area contributed by atoms with Crippen molar-refractivity contribution in [2.75, 3.05) is 7.11 Å². The van der Waals surface area contributed by atoms with E-state index in [1.54, 1.807) is 7.11 Å². The van der Waals surface area contributed by atoms with E-state index in [2.05, 4.69) is 30.4 Å². The molecule has 1 aliphatic rings. The molecule has 0 amide bonds. The number of aryl methyl sites for hydroxylation is 2. The van der Waals surface area contributed by atoms with Crippen molar-refractivity contribution in [3.8, 4) is 5.75 Å². The lowest BCUT2D eigenvalue weighted by molar-refractivity contribution is 0.363. The average Bonchev–Trinajstić information content (AvgIpc) is 2.94. The fraction of sp³-hybridized carbons (Fsp3) is 0.471. The van der Waals surface area contributed by atoms with Crippen LogP contribution in [0.25, 0.3) is 0 Å². The summed E-state index contributed by atoms with van der Waals surface area (Å²) in [5, 5.41) is 4.36. The van der Waals surface area contributed by atoms with E-state index in [1.165, 1.54) is 16.7 Å². The number of rotatable bonds is 4. The molecule has 1 aromatic carbocycles. The fourth-order valence-corrected chi connectivity index (χ4v) is 3.31. The van der Waals surface area contributed by atoms with Gasteiger partial charge in [0, 0.05) is 18.3 Å². The number of aromatic nitrogens is 2. The molecule has 3 rings (SSSR count). The molecule has 112 valence electrons. The van der Waals surface area contributed by atoms with E-state index < -0.39 is 0 Å². The molecular weight excluding hydrogens is 262 g/mol. The largest absolute Gasteiger partial charge is 0.497 e. The number of methoxy groups -OCH3 is 1. The monoisotopic (exact) mass is 285 g/mol. The molecule has 0 fully saturated rings. The third-order valence-electron chi connectivity index (χ3n) is 4.45. The molecule has 2 N–H and O–H groups in total. The van der Waals surface area contributed by atoms with Crippen LogP contribution in [0, 0.1) is 0 Å². The molecule has 2 aromatic rings. The Kier molecular flexibility index (Phi) is 3.72. The Morgan fingerprint density at radius 3 is 3.00 bits per heavy atom. The van der Waals surface area contributed by atoms with Crippen LogP contribution >= 0.6 is 0 Å². The average molecular weight is 285 g/mol. The standard InChI is InChI=1S/C17H23N3O/c1-3-20-12-13(11-19-20)10-17(18)8-4-5-14-6-7-15(21-2)9-16(14)17/h6-7,9,11-12H,3-5,8,10,18H2,1-2H3. The molecule has 0 saturated heterocycles. The fourth-order valence-electron chi connectivity index (χ4n) is 3.31. The van der Waals surface area contributed by atoms with Gasteiger partial charge in [-0.05, 0) is 61.4 Å². The van der Waals surface area contributed by atoms with E-state index in [-0.39, 0.29) is 5.54 Å². The highest BCUT2D eigenvalue weighted by Gasteiger charge is 2.33. The van der Waals surface area contributed by atoms with Gasteiger partial charge >= 0.3 is 0 Å². The van der Waals surface area contributed by atoms with Gasteiger partial charge in [0.1, 0.15) is 5.75 Å².